The predicted molar refractivity (Wildman–Crippen MR) is 105 cm³/mol. The van der Waals surface area contributed by atoms with Crippen LogP contribution in [-0.2, 0) is 9.53 Å². The zero-order chi connectivity index (χ0) is 19.9. The van der Waals surface area contributed by atoms with Crippen molar-refractivity contribution in [1.82, 2.24) is 15.2 Å². The van der Waals surface area contributed by atoms with E-state index in [2.05, 4.69) is 20.6 Å². The van der Waals surface area contributed by atoms with Gasteiger partial charge in [0.1, 0.15) is 11.9 Å². The number of amides is 1. The quantitative estimate of drug-likeness (QED) is 0.623. The molecule has 3 rings (SSSR count). The number of halogens is 1. The molecule has 1 aromatic carbocycles. The van der Waals surface area contributed by atoms with Crippen LogP contribution in [0, 0.1) is 5.82 Å². The van der Waals surface area contributed by atoms with Crippen molar-refractivity contribution < 1.29 is 13.9 Å². The molecule has 2 heterocycles. The van der Waals surface area contributed by atoms with Crippen molar-refractivity contribution in [3.8, 4) is 0 Å². The van der Waals surface area contributed by atoms with Crippen molar-refractivity contribution in [2.45, 2.75) is 19.1 Å². The van der Waals surface area contributed by atoms with Crippen LogP contribution in [0.5, 0.6) is 0 Å². The van der Waals surface area contributed by atoms with Gasteiger partial charge in [0, 0.05) is 19.8 Å². The van der Waals surface area contributed by atoms with Crippen LogP contribution in [0.4, 0.5) is 10.1 Å². The highest BCUT2D eigenvalue weighted by Crippen LogP contribution is 2.25. The highest BCUT2D eigenvalue weighted by Gasteiger charge is 2.28. The van der Waals surface area contributed by atoms with Crippen molar-refractivity contribution in [1.29, 1.82) is 0 Å². The average molecular weight is 385 g/mol. The van der Waals surface area contributed by atoms with E-state index in [4.69, 9.17) is 4.74 Å². The van der Waals surface area contributed by atoms with E-state index in [9.17, 15) is 9.18 Å². The summed E-state index contributed by atoms with van der Waals surface area (Å²) in [6, 6.07) is 9.85. The lowest BCUT2D eigenvalue weighted by Crippen LogP contribution is -2.51. The molecule has 1 saturated heterocycles. The number of aliphatic imine (C=N–C) groups is 1. The third-order valence-electron chi connectivity index (χ3n) is 4.37. The molecule has 2 aromatic rings. The van der Waals surface area contributed by atoms with E-state index in [-0.39, 0.29) is 30.5 Å². The number of nitrogens with one attached hydrogen (secondary N) is 2. The Bertz CT molecular complexity index is 813. The first-order chi connectivity index (χ1) is 13.5. The monoisotopic (exact) mass is 385 g/mol. The molecule has 2 unspecified atom stereocenters. The minimum Gasteiger partial charge on any atom is -0.367 e. The fourth-order valence-electron chi connectivity index (χ4n) is 3.12. The van der Waals surface area contributed by atoms with Crippen LogP contribution in [0.3, 0.4) is 0 Å². The number of rotatable bonds is 4. The fraction of sp³-hybridized carbons (Fsp3) is 0.350. The molecule has 0 spiro atoms. The second kappa shape index (κ2) is 9.27. The first kappa shape index (κ1) is 19.8. The number of benzene rings is 1. The summed E-state index contributed by atoms with van der Waals surface area (Å²) < 4.78 is 19.2. The summed E-state index contributed by atoms with van der Waals surface area (Å²) >= 11 is 0. The summed E-state index contributed by atoms with van der Waals surface area (Å²) in [6.07, 6.45) is 3.00. The normalized spacial score (nSPS) is 20.0. The number of anilines is 1. The number of guanidine groups is 1. The molecule has 8 heteroatoms. The Morgan fingerprint density at radius 3 is 2.79 bits per heavy atom. The summed E-state index contributed by atoms with van der Waals surface area (Å²) in [5.41, 5.74) is 1.54. The minimum absolute atomic E-state index is 0.0356. The van der Waals surface area contributed by atoms with Gasteiger partial charge in [-0.1, -0.05) is 12.1 Å². The zero-order valence-electron chi connectivity index (χ0n) is 15.9. The molecule has 1 aliphatic rings. The first-order valence-corrected chi connectivity index (χ1v) is 9.11. The lowest BCUT2D eigenvalue weighted by atomic mass is 10.1. The number of pyridine rings is 1. The van der Waals surface area contributed by atoms with E-state index >= 15 is 0 Å². The summed E-state index contributed by atoms with van der Waals surface area (Å²) in [4.78, 5) is 22.5. The van der Waals surface area contributed by atoms with Crippen LogP contribution in [0.15, 0.2) is 53.8 Å². The molecule has 148 valence electrons. The Kier molecular flexibility index (Phi) is 6.54. The summed E-state index contributed by atoms with van der Waals surface area (Å²) in [5, 5.41) is 5.86. The maximum absolute atomic E-state index is 13.2. The van der Waals surface area contributed by atoms with E-state index in [1.807, 2.05) is 11.8 Å². The van der Waals surface area contributed by atoms with Crippen LogP contribution >= 0.6 is 0 Å². The molecule has 2 N–H and O–H groups in total. The number of ether oxygens (including phenoxy) is 1. The summed E-state index contributed by atoms with van der Waals surface area (Å²) in [7, 11) is 1.67. The van der Waals surface area contributed by atoms with Crippen LogP contribution in [-0.4, -0.2) is 54.5 Å². The molecule has 0 saturated carbocycles. The van der Waals surface area contributed by atoms with Gasteiger partial charge in [-0.25, -0.2) is 4.39 Å². The van der Waals surface area contributed by atoms with Crippen molar-refractivity contribution in [2.75, 3.05) is 32.0 Å². The van der Waals surface area contributed by atoms with Crippen molar-refractivity contribution in [3.63, 3.8) is 0 Å². The largest absolute Gasteiger partial charge is 0.367 e. The number of carbonyl (C=O) groups excluding carboxylic acids is 1. The van der Waals surface area contributed by atoms with Gasteiger partial charge in [0.25, 0.3) is 0 Å². The lowest BCUT2D eigenvalue weighted by Gasteiger charge is -2.38. The molecule has 28 heavy (non-hydrogen) atoms. The van der Waals surface area contributed by atoms with Crippen LogP contribution in [0.25, 0.3) is 0 Å². The minimum atomic E-state index is -0.276. The van der Waals surface area contributed by atoms with Crippen LogP contribution < -0.4 is 10.6 Å². The van der Waals surface area contributed by atoms with Gasteiger partial charge in [0.05, 0.1) is 31.1 Å². The van der Waals surface area contributed by atoms with Gasteiger partial charge in [-0.2, -0.15) is 0 Å². The first-order valence-electron chi connectivity index (χ1n) is 9.11. The zero-order valence-corrected chi connectivity index (χ0v) is 15.9. The number of aromatic nitrogens is 1. The van der Waals surface area contributed by atoms with E-state index in [0.29, 0.717) is 24.7 Å². The van der Waals surface area contributed by atoms with Gasteiger partial charge in [-0.15, -0.1) is 0 Å². The molecular weight excluding hydrogens is 361 g/mol. The fourth-order valence-corrected chi connectivity index (χ4v) is 3.12. The number of hydrogen-bond donors (Lipinski definition) is 2. The van der Waals surface area contributed by atoms with Gasteiger partial charge in [0.15, 0.2) is 5.96 Å². The smallest absolute Gasteiger partial charge is 0.243 e. The molecular formula is C20H24FN5O2. The number of nitrogens with zero attached hydrogens (tertiary/aromatic N) is 3. The molecule has 1 fully saturated rings. The Balaban J connectivity index is 1.59. The predicted octanol–water partition coefficient (Wildman–Crippen LogP) is 2.20. The molecule has 0 radical (unpaired) electrons. The van der Waals surface area contributed by atoms with Gasteiger partial charge in [0.2, 0.25) is 5.91 Å². The topological polar surface area (TPSA) is 78.8 Å². The SMILES string of the molecule is CN=C(NCC(=O)Nc1cccnc1)N1CC(C)OC(c2ccc(F)cc2)C1. The third-order valence-corrected chi connectivity index (χ3v) is 4.37. The maximum atomic E-state index is 13.2. The molecule has 0 bridgehead atoms. The summed E-state index contributed by atoms with van der Waals surface area (Å²) in [6.45, 7) is 3.25. The molecule has 1 amide bonds. The molecule has 1 aliphatic heterocycles. The van der Waals surface area contributed by atoms with Gasteiger partial charge in [-0.05, 0) is 36.8 Å². The number of hydrogen-bond acceptors (Lipinski definition) is 4. The van der Waals surface area contributed by atoms with Crippen molar-refractivity contribution in [2.24, 2.45) is 4.99 Å². The second-order valence-electron chi connectivity index (χ2n) is 6.58. The van der Waals surface area contributed by atoms with Crippen molar-refractivity contribution >= 4 is 17.6 Å². The molecule has 2 atom stereocenters. The van der Waals surface area contributed by atoms with E-state index < -0.39 is 0 Å². The van der Waals surface area contributed by atoms with Gasteiger partial charge >= 0.3 is 0 Å². The van der Waals surface area contributed by atoms with Crippen molar-refractivity contribution in [3.05, 3.63) is 60.2 Å². The molecule has 7 nitrogen and oxygen atoms in total. The number of morpholine rings is 1. The van der Waals surface area contributed by atoms with E-state index in [1.165, 1.54) is 12.1 Å². The Labute approximate surface area is 163 Å². The Morgan fingerprint density at radius 1 is 1.32 bits per heavy atom. The van der Waals surface area contributed by atoms with E-state index in [0.717, 1.165) is 5.56 Å². The number of carbonyl (C=O) groups is 1. The Morgan fingerprint density at radius 2 is 2.11 bits per heavy atom. The standard InChI is InChI=1S/C20H24FN5O2/c1-14-12-26(13-18(28-14)15-5-7-16(21)8-6-15)20(22-2)24-11-19(27)25-17-4-3-9-23-10-17/h3-10,14,18H,11-13H2,1-2H3,(H,22,24)(H,25,27). The molecule has 0 aliphatic carbocycles. The molecule has 1 aromatic heterocycles. The van der Waals surface area contributed by atoms with Crippen LogP contribution in [0.2, 0.25) is 0 Å². The average Bonchev–Trinajstić information content (AvgIpc) is 2.69. The maximum Gasteiger partial charge on any atom is 0.243 e. The van der Waals surface area contributed by atoms with Crippen LogP contribution in [0.1, 0.15) is 18.6 Å². The Hall–Kier alpha value is -3.00. The van der Waals surface area contributed by atoms with E-state index in [1.54, 1.807) is 43.7 Å². The summed E-state index contributed by atoms with van der Waals surface area (Å²) in [5.74, 6) is 0.149. The lowest BCUT2D eigenvalue weighted by molar-refractivity contribution is -0.115. The third kappa shape index (κ3) is 5.26. The second-order valence-corrected chi connectivity index (χ2v) is 6.58. The highest BCUT2D eigenvalue weighted by atomic mass is 19.1. The van der Waals surface area contributed by atoms with Gasteiger partial charge in [-0.3, -0.25) is 14.8 Å². The highest BCUT2D eigenvalue weighted by molar-refractivity contribution is 5.94. The van der Waals surface area contributed by atoms with Gasteiger partial charge < -0.3 is 20.3 Å².